The molecule has 2 rings (SSSR count). The third-order valence-electron chi connectivity index (χ3n) is 2.51. The van der Waals surface area contributed by atoms with Crippen LogP contribution in [0.15, 0.2) is 30.5 Å². The SMILES string of the molecule is Cc1ccc(C)c(C(=O)Nc2ccnc(Cl)n2)c1. The van der Waals surface area contributed by atoms with Crippen LogP contribution >= 0.6 is 11.6 Å². The Balaban J connectivity index is 2.24. The van der Waals surface area contributed by atoms with Gasteiger partial charge in [-0.15, -0.1) is 0 Å². The third-order valence-corrected chi connectivity index (χ3v) is 2.69. The summed E-state index contributed by atoms with van der Waals surface area (Å²) in [5.41, 5.74) is 2.58. The van der Waals surface area contributed by atoms with E-state index in [1.807, 2.05) is 32.0 Å². The second-order valence-corrected chi connectivity index (χ2v) is 4.32. The average molecular weight is 262 g/mol. The van der Waals surface area contributed by atoms with E-state index in [4.69, 9.17) is 11.6 Å². The van der Waals surface area contributed by atoms with Crippen LogP contribution in [-0.4, -0.2) is 15.9 Å². The number of halogens is 1. The Kier molecular flexibility index (Phi) is 3.58. The zero-order valence-corrected chi connectivity index (χ0v) is 10.8. The summed E-state index contributed by atoms with van der Waals surface area (Å²) in [6.45, 7) is 3.83. The van der Waals surface area contributed by atoms with Crippen LogP contribution in [0.2, 0.25) is 5.28 Å². The van der Waals surface area contributed by atoms with Crippen molar-refractivity contribution in [3.05, 3.63) is 52.4 Å². The van der Waals surface area contributed by atoms with Gasteiger partial charge in [0.05, 0.1) is 0 Å². The number of carbonyl (C=O) groups is 1. The van der Waals surface area contributed by atoms with E-state index < -0.39 is 0 Å². The molecule has 0 aliphatic heterocycles. The van der Waals surface area contributed by atoms with Crippen LogP contribution in [-0.2, 0) is 0 Å². The summed E-state index contributed by atoms with van der Waals surface area (Å²) in [6.07, 6.45) is 1.49. The number of hydrogen-bond acceptors (Lipinski definition) is 3. The van der Waals surface area contributed by atoms with Crippen molar-refractivity contribution >= 4 is 23.3 Å². The molecule has 0 fully saturated rings. The maximum absolute atomic E-state index is 12.1. The first kappa shape index (κ1) is 12.5. The highest BCUT2D eigenvalue weighted by Gasteiger charge is 2.10. The van der Waals surface area contributed by atoms with Gasteiger partial charge in [0.2, 0.25) is 5.28 Å². The van der Waals surface area contributed by atoms with Crippen LogP contribution < -0.4 is 5.32 Å². The molecule has 0 atom stereocenters. The molecule has 0 aliphatic rings. The molecule has 92 valence electrons. The molecule has 0 saturated carbocycles. The molecule has 4 nitrogen and oxygen atoms in total. The summed E-state index contributed by atoms with van der Waals surface area (Å²) in [6, 6.07) is 7.31. The molecule has 18 heavy (non-hydrogen) atoms. The lowest BCUT2D eigenvalue weighted by molar-refractivity contribution is 0.102. The Bertz CT molecular complexity index is 599. The van der Waals surface area contributed by atoms with Crippen LogP contribution in [0.4, 0.5) is 5.82 Å². The second-order valence-electron chi connectivity index (χ2n) is 3.98. The Morgan fingerprint density at radius 3 is 2.78 bits per heavy atom. The first-order chi connectivity index (χ1) is 8.56. The van der Waals surface area contributed by atoms with Crippen molar-refractivity contribution in [1.82, 2.24) is 9.97 Å². The fraction of sp³-hybridized carbons (Fsp3) is 0.154. The van der Waals surface area contributed by atoms with Gasteiger partial charge in [-0.05, 0) is 43.1 Å². The van der Waals surface area contributed by atoms with Gasteiger partial charge in [0.25, 0.3) is 5.91 Å². The van der Waals surface area contributed by atoms with Crippen molar-refractivity contribution in [2.24, 2.45) is 0 Å². The molecule has 0 bridgehead atoms. The quantitative estimate of drug-likeness (QED) is 0.846. The molecule has 2 aromatic rings. The summed E-state index contributed by atoms with van der Waals surface area (Å²) < 4.78 is 0. The number of nitrogens with zero attached hydrogens (tertiary/aromatic N) is 2. The Morgan fingerprint density at radius 2 is 2.06 bits per heavy atom. The van der Waals surface area contributed by atoms with Gasteiger partial charge in [-0.2, -0.15) is 0 Å². The van der Waals surface area contributed by atoms with E-state index in [1.165, 1.54) is 6.20 Å². The molecule has 0 spiro atoms. The topological polar surface area (TPSA) is 54.9 Å². The first-order valence-electron chi connectivity index (χ1n) is 5.43. The minimum Gasteiger partial charge on any atom is -0.306 e. The number of carbonyl (C=O) groups excluding carboxylic acids is 1. The Morgan fingerprint density at radius 1 is 1.28 bits per heavy atom. The maximum atomic E-state index is 12.1. The van der Waals surface area contributed by atoms with Gasteiger partial charge in [0.1, 0.15) is 5.82 Å². The number of aromatic nitrogens is 2. The van der Waals surface area contributed by atoms with Crippen molar-refractivity contribution < 1.29 is 4.79 Å². The molecule has 1 aromatic heterocycles. The van der Waals surface area contributed by atoms with Gasteiger partial charge < -0.3 is 5.32 Å². The van der Waals surface area contributed by atoms with Crippen molar-refractivity contribution in [3.63, 3.8) is 0 Å². The Labute approximate surface area is 110 Å². The van der Waals surface area contributed by atoms with Gasteiger partial charge in [0.15, 0.2) is 0 Å². The number of anilines is 1. The van der Waals surface area contributed by atoms with Crippen molar-refractivity contribution in [1.29, 1.82) is 0 Å². The van der Waals surface area contributed by atoms with Gasteiger partial charge in [-0.1, -0.05) is 17.7 Å². The van der Waals surface area contributed by atoms with E-state index in [1.54, 1.807) is 6.07 Å². The smallest absolute Gasteiger partial charge is 0.257 e. The lowest BCUT2D eigenvalue weighted by Crippen LogP contribution is -2.14. The minimum absolute atomic E-state index is 0.105. The minimum atomic E-state index is -0.203. The van der Waals surface area contributed by atoms with Crippen LogP contribution in [0.3, 0.4) is 0 Å². The normalized spacial score (nSPS) is 10.2. The highest BCUT2D eigenvalue weighted by Crippen LogP contribution is 2.13. The highest BCUT2D eigenvalue weighted by molar-refractivity contribution is 6.28. The molecule has 5 heteroatoms. The molecule has 1 N–H and O–H groups in total. The van der Waals surface area contributed by atoms with Crippen LogP contribution in [0.1, 0.15) is 21.5 Å². The van der Waals surface area contributed by atoms with Crippen LogP contribution in [0, 0.1) is 13.8 Å². The molecule has 0 radical (unpaired) electrons. The highest BCUT2D eigenvalue weighted by atomic mass is 35.5. The summed E-state index contributed by atoms with van der Waals surface area (Å²) in [5.74, 6) is 0.187. The maximum Gasteiger partial charge on any atom is 0.257 e. The summed E-state index contributed by atoms with van der Waals surface area (Å²) in [4.78, 5) is 19.8. The molecule has 0 aliphatic carbocycles. The predicted octanol–water partition coefficient (Wildman–Crippen LogP) is 3.00. The van der Waals surface area contributed by atoms with Crippen LogP contribution in [0.5, 0.6) is 0 Å². The van der Waals surface area contributed by atoms with Gasteiger partial charge in [0, 0.05) is 11.8 Å². The van der Waals surface area contributed by atoms with E-state index in [-0.39, 0.29) is 11.2 Å². The molecule has 0 saturated heterocycles. The van der Waals surface area contributed by atoms with E-state index >= 15 is 0 Å². The number of rotatable bonds is 2. The van der Waals surface area contributed by atoms with E-state index in [2.05, 4.69) is 15.3 Å². The fourth-order valence-electron chi connectivity index (χ4n) is 1.57. The summed E-state index contributed by atoms with van der Waals surface area (Å²) in [7, 11) is 0. The average Bonchev–Trinajstić information content (AvgIpc) is 2.32. The van der Waals surface area contributed by atoms with E-state index in [0.29, 0.717) is 11.4 Å². The molecule has 1 heterocycles. The van der Waals surface area contributed by atoms with E-state index in [0.717, 1.165) is 11.1 Å². The second kappa shape index (κ2) is 5.14. The van der Waals surface area contributed by atoms with Crippen molar-refractivity contribution in [3.8, 4) is 0 Å². The Hall–Kier alpha value is -1.94. The van der Waals surface area contributed by atoms with Crippen LogP contribution in [0.25, 0.3) is 0 Å². The lowest BCUT2D eigenvalue weighted by atomic mass is 10.1. The number of aryl methyl sites for hydroxylation is 2. The van der Waals surface area contributed by atoms with Gasteiger partial charge in [-0.3, -0.25) is 4.79 Å². The zero-order valence-electron chi connectivity index (χ0n) is 10.1. The largest absolute Gasteiger partial charge is 0.306 e. The fourth-order valence-corrected chi connectivity index (χ4v) is 1.72. The van der Waals surface area contributed by atoms with Crippen molar-refractivity contribution in [2.45, 2.75) is 13.8 Å². The van der Waals surface area contributed by atoms with Gasteiger partial charge >= 0.3 is 0 Å². The first-order valence-corrected chi connectivity index (χ1v) is 5.81. The van der Waals surface area contributed by atoms with Crippen molar-refractivity contribution in [2.75, 3.05) is 5.32 Å². The molecule has 1 amide bonds. The predicted molar refractivity (Wildman–Crippen MR) is 70.9 cm³/mol. The number of nitrogens with one attached hydrogen (secondary N) is 1. The standard InChI is InChI=1S/C13H12ClN3O/c1-8-3-4-9(2)10(7-8)12(18)16-11-5-6-15-13(14)17-11/h3-7H,1-2H3,(H,15,16,17,18). The molecule has 0 unspecified atom stereocenters. The number of benzene rings is 1. The monoisotopic (exact) mass is 261 g/mol. The third kappa shape index (κ3) is 2.84. The number of amides is 1. The molecular formula is C13H12ClN3O. The van der Waals surface area contributed by atoms with E-state index in [9.17, 15) is 4.79 Å². The number of hydrogen-bond donors (Lipinski definition) is 1. The lowest BCUT2D eigenvalue weighted by Gasteiger charge is -2.07. The molecule has 1 aromatic carbocycles. The summed E-state index contributed by atoms with van der Waals surface area (Å²) >= 11 is 5.66. The zero-order chi connectivity index (χ0) is 13.1. The molecular weight excluding hydrogens is 250 g/mol. The summed E-state index contributed by atoms with van der Waals surface area (Å²) in [5, 5.41) is 2.80. The van der Waals surface area contributed by atoms with Gasteiger partial charge in [-0.25, -0.2) is 9.97 Å².